The minimum Gasteiger partial charge on any atom is -0.481 e. The van der Waals surface area contributed by atoms with Crippen molar-refractivity contribution >= 4 is 21.6 Å². The lowest BCUT2D eigenvalue weighted by molar-refractivity contribution is -0.130. The molecule has 2 aromatic heterocycles. The van der Waals surface area contributed by atoms with Gasteiger partial charge in [-0.2, -0.15) is 0 Å². The quantitative estimate of drug-likeness (QED) is 0.478. The van der Waals surface area contributed by atoms with E-state index >= 15 is 0 Å². The van der Waals surface area contributed by atoms with Crippen molar-refractivity contribution in [2.24, 2.45) is 0 Å². The number of benzene rings is 1. The summed E-state index contributed by atoms with van der Waals surface area (Å²) in [6.45, 7) is 5.78. The molecule has 0 atom stereocenters. The second-order valence-corrected chi connectivity index (χ2v) is 9.34. The Kier molecular flexibility index (Phi) is 7.65. The fraction of sp³-hybridized carbons (Fsp3) is 0.292. The molecule has 0 saturated carbocycles. The van der Waals surface area contributed by atoms with Gasteiger partial charge in [-0.05, 0) is 50.6 Å². The van der Waals surface area contributed by atoms with Crippen LogP contribution in [0.4, 0.5) is 5.69 Å². The molecule has 0 aliphatic heterocycles. The maximum Gasteiger partial charge on any atom is 0.265 e. The number of likely N-dealkylation sites (N-methyl/N-ethyl adjacent to an activating group) is 1. The number of rotatable bonds is 9. The Labute approximate surface area is 194 Å². The Hall–Kier alpha value is -3.46. The normalized spacial score (nSPS) is 11.2. The highest BCUT2D eigenvalue weighted by Gasteiger charge is 2.30. The van der Waals surface area contributed by atoms with Crippen molar-refractivity contribution in [2.75, 3.05) is 24.5 Å². The molecule has 0 radical (unpaired) electrons. The zero-order chi connectivity index (χ0) is 24.0. The van der Waals surface area contributed by atoms with Crippen LogP contribution >= 0.6 is 0 Å². The van der Waals surface area contributed by atoms with E-state index in [2.05, 4.69) is 9.97 Å². The van der Waals surface area contributed by atoms with Gasteiger partial charge in [-0.3, -0.25) is 14.1 Å². The predicted octanol–water partition coefficient (Wildman–Crippen LogP) is 3.35. The highest BCUT2D eigenvalue weighted by molar-refractivity contribution is 7.93. The van der Waals surface area contributed by atoms with E-state index in [-0.39, 0.29) is 29.6 Å². The molecule has 3 aromatic rings. The number of carbonyl (C=O) groups excluding carboxylic acids is 1. The largest absolute Gasteiger partial charge is 0.481 e. The van der Waals surface area contributed by atoms with Crippen molar-refractivity contribution in [3.63, 3.8) is 0 Å². The van der Waals surface area contributed by atoms with Gasteiger partial charge >= 0.3 is 0 Å². The van der Waals surface area contributed by atoms with E-state index in [1.165, 1.54) is 19.4 Å². The fourth-order valence-electron chi connectivity index (χ4n) is 3.40. The van der Waals surface area contributed by atoms with E-state index in [0.717, 1.165) is 15.7 Å². The van der Waals surface area contributed by atoms with Crippen molar-refractivity contribution in [2.45, 2.75) is 32.2 Å². The van der Waals surface area contributed by atoms with Crippen LogP contribution in [0.25, 0.3) is 0 Å². The van der Waals surface area contributed by atoms with Gasteiger partial charge in [-0.1, -0.05) is 24.3 Å². The molecule has 174 valence electrons. The Morgan fingerprint density at radius 3 is 2.39 bits per heavy atom. The highest BCUT2D eigenvalue weighted by Crippen LogP contribution is 2.26. The first-order chi connectivity index (χ1) is 15.8. The van der Waals surface area contributed by atoms with Gasteiger partial charge in [0.15, 0.2) is 0 Å². The third kappa shape index (κ3) is 5.67. The van der Waals surface area contributed by atoms with E-state index in [9.17, 15) is 13.2 Å². The minimum atomic E-state index is -4.03. The SMILES string of the molecule is CCN(Cc1cccc(C)n1)C(=O)CN(c1ccc(OC)nc1)S(=O)(=O)c1ccccc1C. The maximum atomic E-state index is 13.6. The summed E-state index contributed by atoms with van der Waals surface area (Å²) in [7, 11) is -2.55. The fourth-order valence-corrected chi connectivity index (χ4v) is 5.03. The highest BCUT2D eigenvalue weighted by atomic mass is 32.2. The van der Waals surface area contributed by atoms with E-state index in [1.54, 1.807) is 42.2 Å². The van der Waals surface area contributed by atoms with Gasteiger partial charge in [0.2, 0.25) is 11.8 Å². The Balaban J connectivity index is 1.96. The van der Waals surface area contributed by atoms with Crippen molar-refractivity contribution < 1.29 is 17.9 Å². The van der Waals surface area contributed by atoms with E-state index < -0.39 is 10.0 Å². The first-order valence-corrected chi connectivity index (χ1v) is 12.0. The van der Waals surface area contributed by atoms with Crippen LogP contribution in [-0.4, -0.2) is 49.4 Å². The topological polar surface area (TPSA) is 92.7 Å². The van der Waals surface area contributed by atoms with Crippen LogP contribution in [0.5, 0.6) is 5.88 Å². The number of pyridine rings is 2. The van der Waals surface area contributed by atoms with Gasteiger partial charge in [-0.25, -0.2) is 13.4 Å². The summed E-state index contributed by atoms with van der Waals surface area (Å²) in [5.74, 6) is 0.00723. The van der Waals surface area contributed by atoms with Crippen LogP contribution in [0.2, 0.25) is 0 Å². The lowest BCUT2D eigenvalue weighted by Crippen LogP contribution is -2.43. The molecule has 0 aliphatic rings. The third-order valence-corrected chi connectivity index (χ3v) is 7.13. The average Bonchev–Trinajstić information content (AvgIpc) is 2.81. The number of hydrogen-bond acceptors (Lipinski definition) is 6. The van der Waals surface area contributed by atoms with Crippen LogP contribution in [0.1, 0.15) is 23.9 Å². The summed E-state index contributed by atoms with van der Waals surface area (Å²) in [5.41, 5.74) is 2.46. The van der Waals surface area contributed by atoms with Gasteiger partial charge in [0, 0.05) is 18.3 Å². The van der Waals surface area contributed by atoms with Crippen molar-refractivity contribution in [1.29, 1.82) is 0 Å². The number of methoxy groups -OCH3 is 1. The first kappa shape index (κ1) is 24.2. The molecular weight excluding hydrogens is 440 g/mol. The average molecular weight is 469 g/mol. The van der Waals surface area contributed by atoms with Gasteiger partial charge < -0.3 is 9.64 Å². The number of aryl methyl sites for hydroxylation is 2. The number of carbonyl (C=O) groups is 1. The summed E-state index contributed by atoms with van der Waals surface area (Å²) in [6, 6.07) is 15.4. The Bertz CT molecular complexity index is 1210. The van der Waals surface area contributed by atoms with E-state index in [1.807, 2.05) is 32.0 Å². The summed E-state index contributed by atoms with van der Waals surface area (Å²) in [4.78, 5) is 23.6. The van der Waals surface area contributed by atoms with Crippen LogP contribution in [0, 0.1) is 13.8 Å². The molecule has 33 heavy (non-hydrogen) atoms. The number of hydrogen-bond donors (Lipinski definition) is 0. The van der Waals surface area contributed by atoms with Crippen molar-refractivity contribution in [1.82, 2.24) is 14.9 Å². The number of ether oxygens (including phenoxy) is 1. The molecule has 8 nitrogen and oxygen atoms in total. The summed E-state index contributed by atoms with van der Waals surface area (Å²) >= 11 is 0. The molecule has 1 amide bonds. The first-order valence-electron chi connectivity index (χ1n) is 10.5. The van der Waals surface area contributed by atoms with Crippen molar-refractivity contribution in [3.8, 4) is 5.88 Å². The number of amides is 1. The molecule has 3 rings (SSSR count). The van der Waals surface area contributed by atoms with Crippen LogP contribution < -0.4 is 9.04 Å². The van der Waals surface area contributed by atoms with Crippen molar-refractivity contribution in [3.05, 3.63) is 77.7 Å². The predicted molar refractivity (Wildman–Crippen MR) is 127 cm³/mol. The molecule has 0 unspecified atom stereocenters. The number of aromatic nitrogens is 2. The van der Waals surface area contributed by atoms with Gasteiger partial charge in [0.1, 0.15) is 6.54 Å². The van der Waals surface area contributed by atoms with Gasteiger partial charge in [0.05, 0.1) is 36.1 Å². The van der Waals surface area contributed by atoms with Gasteiger partial charge in [0.25, 0.3) is 10.0 Å². The molecule has 0 spiro atoms. The zero-order valence-electron chi connectivity index (χ0n) is 19.2. The molecule has 1 aromatic carbocycles. The summed E-state index contributed by atoms with van der Waals surface area (Å²) < 4.78 is 33.5. The smallest absolute Gasteiger partial charge is 0.265 e. The number of nitrogens with zero attached hydrogens (tertiary/aromatic N) is 4. The number of sulfonamides is 1. The summed E-state index contributed by atoms with van der Waals surface area (Å²) in [6.07, 6.45) is 1.39. The second kappa shape index (κ2) is 10.4. The molecule has 0 fully saturated rings. The molecule has 0 saturated heterocycles. The number of anilines is 1. The van der Waals surface area contributed by atoms with Crippen LogP contribution in [0.3, 0.4) is 0 Å². The Morgan fingerprint density at radius 1 is 1.03 bits per heavy atom. The molecule has 2 heterocycles. The Morgan fingerprint density at radius 2 is 1.79 bits per heavy atom. The lowest BCUT2D eigenvalue weighted by atomic mass is 10.2. The lowest BCUT2D eigenvalue weighted by Gasteiger charge is -2.28. The zero-order valence-corrected chi connectivity index (χ0v) is 20.0. The molecular formula is C24H28N4O4S. The standard InChI is InChI=1S/C24H28N4O4S/c1-5-27(16-20-11-8-10-19(3)26-20)24(29)17-28(21-13-14-23(32-4)25-15-21)33(30,31)22-12-7-6-9-18(22)2/h6-15H,5,16-17H2,1-4H3. The molecule has 9 heteroatoms. The minimum absolute atomic E-state index is 0.136. The molecule has 0 N–H and O–H groups in total. The maximum absolute atomic E-state index is 13.6. The monoisotopic (exact) mass is 468 g/mol. The molecule has 0 aliphatic carbocycles. The second-order valence-electron chi connectivity index (χ2n) is 7.51. The van der Waals surface area contributed by atoms with Crippen LogP contribution in [-0.2, 0) is 21.4 Å². The molecule has 0 bridgehead atoms. The summed E-state index contributed by atoms with van der Waals surface area (Å²) in [5, 5.41) is 0. The van der Waals surface area contributed by atoms with Crippen LogP contribution in [0.15, 0.2) is 65.7 Å². The van der Waals surface area contributed by atoms with Gasteiger partial charge in [-0.15, -0.1) is 0 Å². The third-order valence-electron chi connectivity index (χ3n) is 5.19. The van der Waals surface area contributed by atoms with E-state index in [0.29, 0.717) is 18.0 Å². The van der Waals surface area contributed by atoms with E-state index in [4.69, 9.17) is 4.74 Å².